The van der Waals surface area contributed by atoms with Crippen LogP contribution in [0.2, 0.25) is 0 Å². The van der Waals surface area contributed by atoms with E-state index in [1.54, 1.807) is 13.3 Å². The Morgan fingerprint density at radius 1 is 1.56 bits per heavy atom. The van der Waals surface area contributed by atoms with Crippen LogP contribution in [0.3, 0.4) is 0 Å². The number of carbonyl (C=O) groups excluding carboxylic acids is 1. The number of nitrogens with zero attached hydrogens (tertiary/aromatic N) is 1. The number of amides is 1. The van der Waals surface area contributed by atoms with E-state index in [-0.39, 0.29) is 11.8 Å². The van der Waals surface area contributed by atoms with Crippen molar-refractivity contribution in [2.24, 2.45) is 5.92 Å². The standard InChI is InChI=1S/C14H18N2O2/c1-18-14-12(8-5-9-15-14)10-16-13(17)11-6-3-2-4-7-11/h2-3,5,8-9,11H,4,6-7,10H2,1H3,(H,16,17). The summed E-state index contributed by atoms with van der Waals surface area (Å²) >= 11 is 0. The maximum Gasteiger partial charge on any atom is 0.223 e. The van der Waals surface area contributed by atoms with E-state index in [0.717, 1.165) is 24.8 Å². The third-order valence-electron chi connectivity index (χ3n) is 3.14. The molecule has 0 fully saturated rings. The number of carbonyl (C=O) groups is 1. The van der Waals surface area contributed by atoms with Crippen LogP contribution in [0.4, 0.5) is 0 Å². The minimum absolute atomic E-state index is 0.109. The second kappa shape index (κ2) is 6.19. The van der Waals surface area contributed by atoms with Crippen molar-refractivity contribution >= 4 is 5.91 Å². The highest BCUT2D eigenvalue weighted by molar-refractivity contribution is 5.79. The van der Waals surface area contributed by atoms with Gasteiger partial charge in [0.15, 0.2) is 0 Å². The van der Waals surface area contributed by atoms with Gasteiger partial charge >= 0.3 is 0 Å². The van der Waals surface area contributed by atoms with Gasteiger partial charge < -0.3 is 10.1 Å². The molecule has 1 aliphatic carbocycles. The van der Waals surface area contributed by atoms with Crippen LogP contribution in [0.15, 0.2) is 30.5 Å². The summed E-state index contributed by atoms with van der Waals surface area (Å²) in [5, 5.41) is 2.95. The number of rotatable bonds is 4. The number of hydrogen-bond donors (Lipinski definition) is 1. The zero-order chi connectivity index (χ0) is 12.8. The summed E-state index contributed by atoms with van der Waals surface area (Å²) in [5.74, 6) is 0.796. The first-order valence-corrected chi connectivity index (χ1v) is 6.22. The van der Waals surface area contributed by atoms with E-state index in [0.29, 0.717) is 12.4 Å². The third-order valence-corrected chi connectivity index (χ3v) is 3.14. The largest absolute Gasteiger partial charge is 0.481 e. The number of pyridine rings is 1. The highest BCUT2D eigenvalue weighted by Gasteiger charge is 2.18. The molecule has 1 heterocycles. The van der Waals surface area contributed by atoms with E-state index in [4.69, 9.17) is 4.74 Å². The van der Waals surface area contributed by atoms with Crippen molar-refractivity contribution < 1.29 is 9.53 Å². The first-order chi connectivity index (χ1) is 8.81. The zero-order valence-electron chi connectivity index (χ0n) is 10.6. The molecule has 0 aromatic carbocycles. The molecule has 1 aromatic heterocycles. The Balaban J connectivity index is 1.90. The molecule has 1 aliphatic rings. The van der Waals surface area contributed by atoms with Crippen molar-refractivity contribution in [3.63, 3.8) is 0 Å². The van der Waals surface area contributed by atoms with Crippen molar-refractivity contribution in [2.75, 3.05) is 7.11 Å². The second-order valence-corrected chi connectivity index (χ2v) is 4.37. The van der Waals surface area contributed by atoms with E-state index >= 15 is 0 Å². The number of ether oxygens (including phenoxy) is 1. The molecule has 1 amide bonds. The number of methoxy groups -OCH3 is 1. The van der Waals surface area contributed by atoms with Gasteiger partial charge in [-0.05, 0) is 25.3 Å². The predicted octanol–water partition coefficient (Wildman–Crippen LogP) is 2.06. The molecule has 2 rings (SSSR count). The van der Waals surface area contributed by atoms with Crippen LogP contribution >= 0.6 is 0 Å². The third kappa shape index (κ3) is 3.09. The Morgan fingerprint density at radius 3 is 3.17 bits per heavy atom. The lowest BCUT2D eigenvalue weighted by Gasteiger charge is -2.17. The smallest absolute Gasteiger partial charge is 0.223 e. The topological polar surface area (TPSA) is 51.2 Å². The summed E-state index contributed by atoms with van der Waals surface area (Å²) < 4.78 is 5.15. The molecule has 18 heavy (non-hydrogen) atoms. The first-order valence-electron chi connectivity index (χ1n) is 6.22. The van der Waals surface area contributed by atoms with Crippen LogP contribution in [0.5, 0.6) is 5.88 Å². The number of hydrogen-bond acceptors (Lipinski definition) is 3. The molecule has 0 spiro atoms. The SMILES string of the molecule is COc1ncccc1CNC(=O)C1CC=CCC1. The quantitative estimate of drug-likeness (QED) is 0.827. The lowest BCUT2D eigenvalue weighted by molar-refractivity contribution is -0.125. The van der Waals surface area contributed by atoms with Crippen molar-refractivity contribution in [1.82, 2.24) is 10.3 Å². The molecule has 1 N–H and O–H groups in total. The zero-order valence-corrected chi connectivity index (χ0v) is 10.6. The maximum atomic E-state index is 12.0. The Bertz CT molecular complexity index is 443. The average Bonchev–Trinajstić information content (AvgIpc) is 2.46. The molecular weight excluding hydrogens is 228 g/mol. The van der Waals surface area contributed by atoms with Gasteiger partial charge in [0.2, 0.25) is 11.8 Å². The number of nitrogens with one attached hydrogen (secondary N) is 1. The van der Waals surface area contributed by atoms with Crippen LogP contribution < -0.4 is 10.1 Å². The monoisotopic (exact) mass is 246 g/mol. The first kappa shape index (κ1) is 12.6. The van der Waals surface area contributed by atoms with Crippen LogP contribution in [-0.4, -0.2) is 18.0 Å². The van der Waals surface area contributed by atoms with E-state index in [1.807, 2.05) is 12.1 Å². The summed E-state index contributed by atoms with van der Waals surface area (Å²) in [6.07, 6.45) is 8.67. The van der Waals surface area contributed by atoms with E-state index in [9.17, 15) is 4.79 Å². The predicted molar refractivity (Wildman–Crippen MR) is 69.1 cm³/mol. The van der Waals surface area contributed by atoms with E-state index < -0.39 is 0 Å². The Labute approximate surface area is 107 Å². The second-order valence-electron chi connectivity index (χ2n) is 4.37. The Hall–Kier alpha value is -1.84. The van der Waals surface area contributed by atoms with Gasteiger partial charge in [-0.1, -0.05) is 18.2 Å². The molecule has 4 heteroatoms. The molecule has 1 unspecified atom stereocenters. The minimum Gasteiger partial charge on any atom is -0.481 e. The summed E-state index contributed by atoms with van der Waals surface area (Å²) in [4.78, 5) is 16.1. The average molecular weight is 246 g/mol. The summed E-state index contributed by atoms with van der Waals surface area (Å²) in [7, 11) is 1.58. The molecule has 96 valence electrons. The lowest BCUT2D eigenvalue weighted by atomic mass is 9.93. The highest BCUT2D eigenvalue weighted by atomic mass is 16.5. The molecule has 1 aromatic rings. The Kier molecular flexibility index (Phi) is 4.34. The summed E-state index contributed by atoms with van der Waals surface area (Å²) in [5.41, 5.74) is 0.903. The molecule has 4 nitrogen and oxygen atoms in total. The lowest BCUT2D eigenvalue weighted by Crippen LogP contribution is -2.30. The molecule has 0 saturated heterocycles. The van der Waals surface area contributed by atoms with Crippen molar-refractivity contribution in [1.29, 1.82) is 0 Å². The van der Waals surface area contributed by atoms with Crippen LogP contribution in [0, 0.1) is 5.92 Å². The van der Waals surface area contributed by atoms with Gasteiger partial charge in [-0.25, -0.2) is 4.98 Å². The summed E-state index contributed by atoms with van der Waals surface area (Å²) in [6, 6.07) is 3.75. The van der Waals surface area contributed by atoms with Gasteiger partial charge in [0.25, 0.3) is 0 Å². The fourth-order valence-corrected chi connectivity index (χ4v) is 2.10. The highest BCUT2D eigenvalue weighted by Crippen LogP contribution is 2.19. The molecule has 0 bridgehead atoms. The molecule has 1 atom stereocenters. The summed E-state index contributed by atoms with van der Waals surface area (Å²) in [6.45, 7) is 0.468. The van der Waals surface area contributed by atoms with Crippen molar-refractivity contribution in [3.05, 3.63) is 36.0 Å². The van der Waals surface area contributed by atoms with Gasteiger partial charge in [0, 0.05) is 24.2 Å². The van der Waals surface area contributed by atoms with E-state index in [1.165, 1.54) is 0 Å². The van der Waals surface area contributed by atoms with E-state index in [2.05, 4.69) is 22.5 Å². The van der Waals surface area contributed by atoms with Crippen molar-refractivity contribution in [3.8, 4) is 5.88 Å². The van der Waals surface area contributed by atoms with Crippen molar-refractivity contribution in [2.45, 2.75) is 25.8 Å². The van der Waals surface area contributed by atoms with Gasteiger partial charge in [-0.3, -0.25) is 4.79 Å². The molecule has 0 aliphatic heterocycles. The van der Waals surface area contributed by atoms with Gasteiger partial charge in [0.1, 0.15) is 0 Å². The minimum atomic E-state index is 0.109. The molecule has 0 saturated carbocycles. The number of allylic oxidation sites excluding steroid dienone is 2. The molecule has 0 radical (unpaired) electrons. The Morgan fingerprint density at radius 2 is 2.44 bits per heavy atom. The molecular formula is C14H18N2O2. The fraction of sp³-hybridized carbons (Fsp3) is 0.429. The van der Waals surface area contributed by atoms with Crippen LogP contribution in [0.25, 0.3) is 0 Å². The van der Waals surface area contributed by atoms with Crippen LogP contribution in [-0.2, 0) is 11.3 Å². The fourth-order valence-electron chi connectivity index (χ4n) is 2.10. The van der Waals surface area contributed by atoms with Gasteiger partial charge in [-0.2, -0.15) is 0 Å². The number of aromatic nitrogens is 1. The van der Waals surface area contributed by atoms with Crippen LogP contribution in [0.1, 0.15) is 24.8 Å². The normalized spacial score (nSPS) is 18.4. The maximum absolute atomic E-state index is 12.0. The van der Waals surface area contributed by atoms with Gasteiger partial charge in [0.05, 0.1) is 7.11 Å². The van der Waals surface area contributed by atoms with Gasteiger partial charge in [-0.15, -0.1) is 0 Å².